The molecule has 3 aliphatic heterocycles. The summed E-state index contributed by atoms with van der Waals surface area (Å²) in [6.45, 7) is 2.76. The lowest BCUT2D eigenvalue weighted by Crippen LogP contribution is -2.40. The quantitative estimate of drug-likeness (QED) is 0.670. The van der Waals surface area contributed by atoms with Crippen molar-refractivity contribution in [1.29, 1.82) is 0 Å². The molecule has 5 rings (SSSR count). The van der Waals surface area contributed by atoms with Gasteiger partial charge >= 0.3 is 0 Å². The third kappa shape index (κ3) is 3.01. The summed E-state index contributed by atoms with van der Waals surface area (Å²) in [6.07, 6.45) is 4.14. The van der Waals surface area contributed by atoms with Crippen LogP contribution in [0.4, 0.5) is 5.69 Å². The average molecular weight is 392 g/mol. The van der Waals surface area contributed by atoms with Crippen molar-refractivity contribution in [2.75, 3.05) is 38.2 Å². The fraction of sp³-hybridized carbons (Fsp3) is 0.286. The number of morpholine rings is 1. The monoisotopic (exact) mass is 392 g/mol. The van der Waals surface area contributed by atoms with Gasteiger partial charge in [-0.25, -0.2) is 0 Å². The zero-order valence-electron chi connectivity index (χ0n) is 15.7. The summed E-state index contributed by atoms with van der Waals surface area (Å²) in [5.41, 5.74) is 4.66. The number of benzene rings is 1. The minimum absolute atomic E-state index is 0.0660. The highest BCUT2D eigenvalue weighted by atomic mass is 16.5. The van der Waals surface area contributed by atoms with E-state index in [0.717, 1.165) is 11.3 Å². The van der Waals surface area contributed by atoms with Crippen LogP contribution in [0.2, 0.25) is 0 Å². The van der Waals surface area contributed by atoms with Gasteiger partial charge in [-0.3, -0.25) is 14.4 Å². The highest BCUT2D eigenvalue weighted by Gasteiger charge is 2.28. The summed E-state index contributed by atoms with van der Waals surface area (Å²) in [5, 5.41) is 5.66. The topological polar surface area (TPSA) is 104 Å². The van der Waals surface area contributed by atoms with Crippen LogP contribution in [0.1, 0.15) is 37.5 Å². The highest BCUT2D eigenvalue weighted by Crippen LogP contribution is 2.35. The third-order valence-electron chi connectivity index (χ3n) is 5.56. The normalized spacial score (nSPS) is 19.6. The molecule has 148 valence electrons. The van der Waals surface area contributed by atoms with Crippen LogP contribution in [0.3, 0.4) is 0 Å². The van der Waals surface area contributed by atoms with Crippen LogP contribution in [0, 0.1) is 0 Å². The molecule has 1 aromatic heterocycles. The molecule has 0 spiro atoms. The third-order valence-corrected chi connectivity index (χ3v) is 5.56. The number of anilines is 1. The summed E-state index contributed by atoms with van der Waals surface area (Å²) in [5.74, 6) is -0.398. The lowest BCUT2D eigenvalue weighted by Gasteiger charge is -2.27. The largest absolute Gasteiger partial charge is 0.378 e. The molecule has 0 unspecified atom stereocenters. The highest BCUT2D eigenvalue weighted by molar-refractivity contribution is 6.35. The number of H-pyrrole nitrogens is 1. The van der Waals surface area contributed by atoms with Crippen LogP contribution < -0.4 is 10.6 Å². The Kier molecular flexibility index (Phi) is 4.21. The van der Waals surface area contributed by atoms with Gasteiger partial charge in [0.1, 0.15) is 0 Å². The number of aromatic amines is 1. The van der Waals surface area contributed by atoms with Gasteiger partial charge < -0.3 is 25.3 Å². The van der Waals surface area contributed by atoms with Crippen molar-refractivity contribution < 1.29 is 19.1 Å². The van der Waals surface area contributed by atoms with Gasteiger partial charge in [-0.05, 0) is 36.3 Å². The number of amides is 3. The molecule has 2 aromatic rings. The number of nitrogens with zero attached hydrogens (tertiary/aromatic N) is 1. The molecule has 1 saturated heterocycles. The molecular weight excluding hydrogens is 372 g/mol. The predicted molar refractivity (Wildman–Crippen MR) is 106 cm³/mol. The first kappa shape index (κ1) is 17.7. The second-order valence-corrected chi connectivity index (χ2v) is 7.28. The van der Waals surface area contributed by atoms with E-state index in [2.05, 4.69) is 15.6 Å². The van der Waals surface area contributed by atoms with Crippen LogP contribution in [0.5, 0.6) is 0 Å². The van der Waals surface area contributed by atoms with E-state index in [0.29, 0.717) is 67.2 Å². The molecule has 8 nitrogen and oxygen atoms in total. The zero-order chi connectivity index (χ0) is 20.0. The first-order valence-electron chi connectivity index (χ1n) is 9.65. The van der Waals surface area contributed by atoms with Crippen molar-refractivity contribution in [3.8, 4) is 0 Å². The minimum Gasteiger partial charge on any atom is -0.378 e. The number of nitrogens with one attached hydrogen (secondary N) is 3. The number of fused-ring (bicyclic) bond motifs is 2. The maximum atomic E-state index is 12.8. The summed E-state index contributed by atoms with van der Waals surface area (Å²) < 4.78 is 5.31. The van der Waals surface area contributed by atoms with E-state index >= 15 is 0 Å². The van der Waals surface area contributed by atoms with E-state index in [-0.39, 0.29) is 17.7 Å². The standard InChI is InChI=1S/C21H20N4O4/c26-19-16-11-23-18(13(16)3-4-22-19)10-15-14-9-12(1-2-17(14)24-20(15)27)21(28)25-5-7-29-8-6-25/h1-2,9-11,23H,3-8H2,(H,22,26)(H,24,27)/b15-10-. The van der Waals surface area contributed by atoms with Crippen molar-refractivity contribution >= 4 is 35.1 Å². The second kappa shape index (κ2) is 6.89. The molecule has 0 bridgehead atoms. The Hall–Kier alpha value is -3.39. The van der Waals surface area contributed by atoms with Gasteiger partial charge in [-0.1, -0.05) is 0 Å². The van der Waals surface area contributed by atoms with Crippen LogP contribution in [-0.4, -0.2) is 60.5 Å². The molecule has 4 heterocycles. The Balaban J connectivity index is 1.51. The lowest BCUT2D eigenvalue weighted by molar-refractivity contribution is -0.110. The predicted octanol–water partition coefficient (Wildman–Crippen LogP) is 1.27. The summed E-state index contributed by atoms with van der Waals surface area (Å²) >= 11 is 0. The molecule has 29 heavy (non-hydrogen) atoms. The Bertz CT molecular complexity index is 1060. The Labute approximate surface area is 166 Å². The van der Waals surface area contributed by atoms with Gasteiger partial charge in [-0.2, -0.15) is 0 Å². The van der Waals surface area contributed by atoms with E-state index in [9.17, 15) is 14.4 Å². The van der Waals surface area contributed by atoms with E-state index in [4.69, 9.17) is 4.74 Å². The van der Waals surface area contributed by atoms with E-state index < -0.39 is 0 Å². The van der Waals surface area contributed by atoms with Gasteiger partial charge in [0.05, 0.1) is 24.4 Å². The number of hydrogen-bond donors (Lipinski definition) is 3. The van der Waals surface area contributed by atoms with E-state index in [1.54, 1.807) is 35.4 Å². The fourth-order valence-electron chi connectivity index (χ4n) is 4.02. The first-order chi connectivity index (χ1) is 14.1. The number of aromatic nitrogens is 1. The maximum Gasteiger partial charge on any atom is 0.256 e. The van der Waals surface area contributed by atoms with Crippen molar-refractivity contribution in [1.82, 2.24) is 15.2 Å². The molecule has 0 atom stereocenters. The minimum atomic E-state index is -0.223. The summed E-state index contributed by atoms with van der Waals surface area (Å²) in [4.78, 5) is 42.3. The molecule has 0 aliphatic carbocycles. The molecule has 0 radical (unpaired) electrons. The van der Waals surface area contributed by atoms with Gasteiger partial charge in [0.2, 0.25) is 0 Å². The van der Waals surface area contributed by atoms with Crippen molar-refractivity contribution in [2.24, 2.45) is 0 Å². The Morgan fingerprint density at radius 3 is 2.76 bits per heavy atom. The van der Waals surface area contributed by atoms with E-state index in [1.165, 1.54) is 0 Å². The first-order valence-corrected chi connectivity index (χ1v) is 9.65. The number of hydrogen-bond acceptors (Lipinski definition) is 4. The van der Waals surface area contributed by atoms with Crippen LogP contribution in [0.25, 0.3) is 11.6 Å². The van der Waals surface area contributed by atoms with Gasteiger partial charge in [0.25, 0.3) is 17.7 Å². The van der Waals surface area contributed by atoms with Crippen LogP contribution >= 0.6 is 0 Å². The molecule has 3 N–H and O–H groups in total. The number of rotatable bonds is 2. The molecule has 3 aliphatic rings. The zero-order valence-corrected chi connectivity index (χ0v) is 15.7. The van der Waals surface area contributed by atoms with Crippen molar-refractivity contribution in [2.45, 2.75) is 6.42 Å². The van der Waals surface area contributed by atoms with Gasteiger partial charge in [0.15, 0.2) is 0 Å². The van der Waals surface area contributed by atoms with E-state index in [1.807, 2.05) is 0 Å². The van der Waals surface area contributed by atoms with Gasteiger partial charge in [-0.15, -0.1) is 0 Å². The van der Waals surface area contributed by atoms with Crippen LogP contribution in [-0.2, 0) is 16.0 Å². The lowest BCUT2D eigenvalue weighted by atomic mass is 9.99. The van der Waals surface area contributed by atoms with Crippen molar-refractivity contribution in [3.05, 3.63) is 52.3 Å². The van der Waals surface area contributed by atoms with Crippen LogP contribution in [0.15, 0.2) is 24.4 Å². The Morgan fingerprint density at radius 2 is 1.93 bits per heavy atom. The molecule has 0 saturated carbocycles. The molecule has 8 heteroatoms. The summed E-state index contributed by atoms with van der Waals surface area (Å²) in [6, 6.07) is 5.26. The SMILES string of the molecule is O=C1Nc2ccc(C(=O)N3CCOCC3)cc2/C1=C/c1[nH]cc2c1CCNC2=O. The number of ether oxygens (including phenoxy) is 1. The molecule has 3 amide bonds. The fourth-order valence-corrected chi connectivity index (χ4v) is 4.02. The maximum absolute atomic E-state index is 12.8. The molecular formula is C21H20N4O4. The summed E-state index contributed by atoms with van der Waals surface area (Å²) in [7, 11) is 0. The average Bonchev–Trinajstić information content (AvgIpc) is 3.30. The number of carbonyl (C=O) groups excluding carboxylic acids is 3. The second-order valence-electron chi connectivity index (χ2n) is 7.28. The molecule has 1 aromatic carbocycles. The Morgan fingerprint density at radius 1 is 1.10 bits per heavy atom. The molecule has 1 fully saturated rings. The smallest absolute Gasteiger partial charge is 0.256 e. The van der Waals surface area contributed by atoms with Crippen molar-refractivity contribution in [3.63, 3.8) is 0 Å². The van der Waals surface area contributed by atoms with Gasteiger partial charge in [0, 0.05) is 48.3 Å². The number of carbonyl (C=O) groups is 3.